The Hall–Kier alpha value is -1.95. The van der Waals surface area contributed by atoms with Gasteiger partial charge < -0.3 is 10.2 Å². The monoisotopic (exact) mass is 438 g/mol. The standard InChI is InChI=1S/C11H12ClNO.C7H4ClFO.C4H9N/c12-11-7-10(4-3-9(11)8-14)13-5-1-2-6-13;8-7-3-6(9)2-1-5(7)4-10;1-2-4-5-3-1/h3-4,7-8H,1-2,5-6H2;1-4H;5H,1-4H2. The lowest BCUT2D eigenvalue weighted by molar-refractivity contribution is 0.111. The summed E-state index contributed by atoms with van der Waals surface area (Å²) in [5.74, 6) is -0.435. The van der Waals surface area contributed by atoms with E-state index in [1.165, 1.54) is 50.9 Å². The molecule has 29 heavy (non-hydrogen) atoms. The van der Waals surface area contributed by atoms with Crippen molar-refractivity contribution in [2.24, 2.45) is 0 Å². The Morgan fingerprint density at radius 1 is 0.828 bits per heavy atom. The number of halogens is 3. The van der Waals surface area contributed by atoms with Crippen LogP contribution in [0.3, 0.4) is 0 Å². The molecule has 0 spiro atoms. The molecule has 4 rings (SSSR count). The molecule has 0 aliphatic carbocycles. The topological polar surface area (TPSA) is 49.4 Å². The number of benzene rings is 2. The van der Waals surface area contributed by atoms with Crippen molar-refractivity contribution in [3.63, 3.8) is 0 Å². The molecule has 0 bridgehead atoms. The third-order valence-electron chi connectivity index (χ3n) is 4.63. The maximum absolute atomic E-state index is 12.3. The summed E-state index contributed by atoms with van der Waals surface area (Å²) in [6.45, 7) is 4.69. The van der Waals surface area contributed by atoms with Gasteiger partial charge in [-0.25, -0.2) is 4.39 Å². The van der Waals surface area contributed by atoms with Crippen molar-refractivity contribution < 1.29 is 14.0 Å². The Bertz CT molecular complexity index is 800. The lowest BCUT2D eigenvalue weighted by Gasteiger charge is -2.17. The lowest BCUT2D eigenvalue weighted by atomic mass is 10.2. The summed E-state index contributed by atoms with van der Waals surface area (Å²) in [6, 6.07) is 9.24. The smallest absolute Gasteiger partial charge is 0.151 e. The minimum absolute atomic E-state index is 0.148. The summed E-state index contributed by atoms with van der Waals surface area (Å²) in [7, 11) is 0. The van der Waals surface area contributed by atoms with Gasteiger partial charge in [0.2, 0.25) is 0 Å². The molecule has 156 valence electrons. The largest absolute Gasteiger partial charge is 0.371 e. The molecule has 2 heterocycles. The zero-order valence-corrected chi connectivity index (χ0v) is 17.7. The van der Waals surface area contributed by atoms with Crippen LogP contribution < -0.4 is 10.2 Å². The fraction of sp³-hybridized carbons (Fsp3) is 0.364. The van der Waals surface area contributed by atoms with Gasteiger partial charge in [0.05, 0.1) is 10.0 Å². The van der Waals surface area contributed by atoms with Crippen molar-refractivity contribution >= 4 is 41.5 Å². The summed E-state index contributed by atoms with van der Waals surface area (Å²) in [5.41, 5.74) is 2.00. The molecule has 1 N–H and O–H groups in total. The molecule has 2 saturated heterocycles. The molecule has 0 saturated carbocycles. The summed E-state index contributed by atoms with van der Waals surface area (Å²) >= 11 is 11.4. The first-order chi connectivity index (χ1) is 14.0. The average Bonchev–Trinajstić information content (AvgIpc) is 3.45. The molecule has 0 amide bonds. The molecule has 2 aliphatic heterocycles. The van der Waals surface area contributed by atoms with Crippen molar-refractivity contribution in [3.05, 3.63) is 63.4 Å². The van der Waals surface area contributed by atoms with E-state index in [-0.39, 0.29) is 5.02 Å². The maximum Gasteiger partial charge on any atom is 0.151 e. The summed E-state index contributed by atoms with van der Waals surface area (Å²) in [5, 5.41) is 3.92. The van der Waals surface area contributed by atoms with Crippen LogP contribution in [-0.4, -0.2) is 38.8 Å². The van der Waals surface area contributed by atoms with E-state index in [4.69, 9.17) is 23.2 Å². The number of anilines is 1. The maximum atomic E-state index is 12.3. The molecule has 2 aliphatic rings. The molecule has 2 aromatic rings. The normalized spacial score (nSPS) is 15.1. The summed E-state index contributed by atoms with van der Waals surface area (Å²) < 4.78 is 12.3. The second-order valence-corrected chi connectivity index (χ2v) is 7.57. The van der Waals surface area contributed by atoms with E-state index in [2.05, 4.69) is 10.2 Å². The second-order valence-electron chi connectivity index (χ2n) is 6.76. The van der Waals surface area contributed by atoms with Crippen LogP contribution in [0.4, 0.5) is 10.1 Å². The highest BCUT2D eigenvalue weighted by molar-refractivity contribution is 6.33. The molecule has 7 heteroatoms. The third kappa shape index (κ3) is 7.77. The van der Waals surface area contributed by atoms with Gasteiger partial charge in [-0.15, -0.1) is 0 Å². The number of nitrogens with one attached hydrogen (secondary N) is 1. The van der Waals surface area contributed by atoms with E-state index in [1.54, 1.807) is 6.07 Å². The van der Waals surface area contributed by atoms with Crippen LogP contribution >= 0.6 is 23.2 Å². The number of hydrogen-bond donors (Lipinski definition) is 1. The first kappa shape index (κ1) is 23.3. The number of hydrogen-bond acceptors (Lipinski definition) is 4. The molecule has 2 aromatic carbocycles. The number of nitrogens with zero attached hydrogens (tertiary/aromatic N) is 1. The van der Waals surface area contributed by atoms with Crippen LogP contribution in [0.25, 0.3) is 0 Å². The van der Waals surface area contributed by atoms with Gasteiger partial charge in [0.1, 0.15) is 5.82 Å². The minimum Gasteiger partial charge on any atom is -0.371 e. The molecular weight excluding hydrogens is 414 g/mol. The van der Waals surface area contributed by atoms with Gasteiger partial charge in [-0.1, -0.05) is 23.2 Å². The Kier molecular flexibility index (Phi) is 10.1. The van der Waals surface area contributed by atoms with Crippen LogP contribution in [0.1, 0.15) is 46.4 Å². The fourth-order valence-electron chi connectivity index (χ4n) is 3.01. The number of aldehydes is 2. The summed E-state index contributed by atoms with van der Waals surface area (Å²) in [4.78, 5) is 23.0. The van der Waals surface area contributed by atoms with Gasteiger partial charge >= 0.3 is 0 Å². The Morgan fingerprint density at radius 3 is 1.83 bits per heavy atom. The lowest BCUT2D eigenvalue weighted by Crippen LogP contribution is -2.17. The van der Waals surface area contributed by atoms with E-state index in [0.717, 1.165) is 31.1 Å². The van der Waals surface area contributed by atoms with Crippen LogP contribution in [0.15, 0.2) is 36.4 Å². The van der Waals surface area contributed by atoms with Gasteiger partial charge in [0, 0.05) is 29.9 Å². The highest BCUT2D eigenvalue weighted by atomic mass is 35.5. The zero-order valence-electron chi connectivity index (χ0n) is 16.2. The Balaban J connectivity index is 0.000000173. The van der Waals surface area contributed by atoms with Crippen molar-refractivity contribution in [1.29, 1.82) is 0 Å². The summed E-state index contributed by atoms with van der Waals surface area (Å²) in [6.07, 6.45) is 6.64. The van der Waals surface area contributed by atoms with Crippen molar-refractivity contribution in [3.8, 4) is 0 Å². The average molecular weight is 439 g/mol. The highest BCUT2D eigenvalue weighted by Crippen LogP contribution is 2.25. The van der Waals surface area contributed by atoms with Crippen LogP contribution in [0.5, 0.6) is 0 Å². The van der Waals surface area contributed by atoms with Crippen LogP contribution in [-0.2, 0) is 0 Å². The number of carbonyl (C=O) groups is 2. The van der Waals surface area contributed by atoms with Gasteiger partial charge in [0.25, 0.3) is 0 Å². The predicted octanol–water partition coefficient (Wildman–Crippen LogP) is 5.41. The molecule has 0 radical (unpaired) electrons. The Labute approximate surface area is 181 Å². The molecular formula is C22H25Cl2FN2O2. The Morgan fingerprint density at radius 2 is 1.38 bits per heavy atom. The quantitative estimate of drug-likeness (QED) is 0.650. The van der Waals surface area contributed by atoms with Crippen molar-refractivity contribution in [2.45, 2.75) is 25.7 Å². The molecule has 0 aromatic heterocycles. The fourth-order valence-corrected chi connectivity index (χ4v) is 3.44. The predicted molar refractivity (Wildman–Crippen MR) is 117 cm³/mol. The van der Waals surface area contributed by atoms with E-state index in [9.17, 15) is 14.0 Å². The minimum atomic E-state index is -0.435. The van der Waals surface area contributed by atoms with E-state index in [1.807, 2.05) is 12.1 Å². The zero-order chi connectivity index (χ0) is 21.1. The first-order valence-corrected chi connectivity index (χ1v) is 10.4. The first-order valence-electron chi connectivity index (χ1n) is 9.65. The van der Waals surface area contributed by atoms with Gasteiger partial charge in [-0.3, -0.25) is 9.59 Å². The third-order valence-corrected chi connectivity index (χ3v) is 5.28. The molecule has 2 fully saturated rings. The molecule has 0 atom stereocenters. The van der Waals surface area contributed by atoms with Crippen molar-refractivity contribution in [2.75, 3.05) is 31.1 Å². The second kappa shape index (κ2) is 12.6. The highest BCUT2D eigenvalue weighted by Gasteiger charge is 2.13. The van der Waals surface area contributed by atoms with E-state index in [0.29, 0.717) is 22.4 Å². The number of carbonyl (C=O) groups excluding carboxylic acids is 2. The van der Waals surface area contributed by atoms with Crippen LogP contribution in [0, 0.1) is 5.82 Å². The van der Waals surface area contributed by atoms with Crippen LogP contribution in [0.2, 0.25) is 10.0 Å². The van der Waals surface area contributed by atoms with Gasteiger partial charge in [-0.05, 0) is 75.2 Å². The van der Waals surface area contributed by atoms with Gasteiger partial charge in [-0.2, -0.15) is 0 Å². The van der Waals surface area contributed by atoms with E-state index >= 15 is 0 Å². The molecule has 4 nitrogen and oxygen atoms in total. The SMILES string of the molecule is C1CCNC1.O=Cc1ccc(F)cc1Cl.O=Cc1ccc(N2CCCC2)cc1Cl. The van der Waals surface area contributed by atoms with Gasteiger partial charge in [0.15, 0.2) is 12.6 Å². The van der Waals surface area contributed by atoms with E-state index < -0.39 is 5.82 Å². The molecule has 0 unspecified atom stereocenters. The van der Waals surface area contributed by atoms with Crippen molar-refractivity contribution in [1.82, 2.24) is 5.32 Å². The number of rotatable bonds is 3.